The van der Waals surface area contributed by atoms with Crippen molar-refractivity contribution in [3.63, 3.8) is 0 Å². The highest BCUT2D eigenvalue weighted by Gasteiger charge is 2.31. The predicted octanol–water partition coefficient (Wildman–Crippen LogP) is 1.39. The van der Waals surface area contributed by atoms with Crippen molar-refractivity contribution in [2.45, 2.75) is 37.6 Å². The molecule has 1 aromatic heterocycles. The minimum atomic E-state index is 0.0857. The summed E-state index contributed by atoms with van der Waals surface area (Å²) >= 11 is 1.39. The fourth-order valence-corrected chi connectivity index (χ4v) is 4.20. The van der Waals surface area contributed by atoms with Gasteiger partial charge in [-0.1, -0.05) is 18.7 Å². The third kappa shape index (κ3) is 4.28. The smallest absolute Gasteiger partial charge is 0.232 e. The van der Waals surface area contributed by atoms with E-state index in [1.165, 1.54) is 18.2 Å². The Morgan fingerprint density at radius 2 is 2.04 bits per heavy atom. The van der Waals surface area contributed by atoms with Crippen LogP contribution in [0.25, 0.3) is 0 Å². The van der Waals surface area contributed by atoms with Crippen LogP contribution in [0.1, 0.15) is 32.6 Å². The van der Waals surface area contributed by atoms with Crippen LogP contribution >= 0.6 is 11.8 Å². The molecule has 0 saturated carbocycles. The first kappa shape index (κ1) is 17.3. The van der Waals surface area contributed by atoms with Crippen LogP contribution in [0.2, 0.25) is 0 Å². The van der Waals surface area contributed by atoms with Crippen molar-refractivity contribution in [3.05, 3.63) is 6.20 Å². The Morgan fingerprint density at radius 3 is 2.71 bits per heavy atom. The number of nitrogens with zero attached hydrogens (tertiary/aromatic N) is 4. The first-order valence-corrected chi connectivity index (χ1v) is 9.67. The zero-order valence-corrected chi connectivity index (χ0v) is 14.9. The third-order valence-electron chi connectivity index (χ3n) is 4.90. The molecule has 0 aromatic carbocycles. The second kappa shape index (κ2) is 8.00. The standard InChI is InChI=1S/C16H25N5O2S/c1-12-3-2-6-21(10-12)16(23)13-4-7-20(8-5-13)15(22)11-24-14-9-17-19-18-14/h9,12-13H,2-8,10-11H2,1H3,(H,17,18,19)/t12-/m1/s1. The van der Waals surface area contributed by atoms with Crippen LogP contribution in [0.5, 0.6) is 0 Å². The maximum Gasteiger partial charge on any atom is 0.232 e. The highest BCUT2D eigenvalue weighted by molar-refractivity contribution is 7.99. The molecular weight excluding hydrogens is 326 g/mol. The van der Waals surface area contributed by atoms with Gasteiger partial charge in [0.1, 0.15) is 5.03 Å². The summed E-state index contributed by atoms with van der Waals surface area (Å²) in [5.41, 5.74) is 0. The van der Waals surface area contributed by atoms with Crippen molar-refractivity contribution < 1.29 is 9.59 Å². The number of thioether (sulfide) groups is 1. The van der Waals surface area contributed by atoms with Crippen molar-refractivity contribution >= 4 is 23.6 Å². The summed E-state index contributed by atoms with van der Waals surface area (Å²) in [5, 5.41) is 10.9. The molecule has 0 spiro atoms. The molecule has 0 unspecified atom stereocenters. The van der Waals surface area contributed by atoms with Gasteiger partial charge in [-0.3, -0.25) is 9.59 Å². The Balaban J connectivity index is 1.43. The van der Waals surface area contributed by atoms with Gasteiger partial charge in [0.05, 0.1) is 11.9 Å². The Bertz CT molecular complexity index is 557. The minimum Gasteiger partial charge on any atom is -0.342 e. The van der Waals surface area contributed by atoms with Gasteiger partial charge in [0.25, 0.3) is 0 Å². The largest absolute Gasteiger partial charge is 0.342 e. The van der Waals surface area contributed by atoms with E-state index in [0.29, 0.717) is 30.7 Å². The van der Waals surface area contributed by atoms with Crippen LogP contribution in [0.15, 0.2) is 11.2 Å². The zero-order valence-electron chi connectivity index (χ0n) is 14.1. The number of piperidine rings is 2. The van der Waals surface area contributed by atoms with Crippen LogP contribution < -0.4 is 0 Å². The molecule has 3 heterocycles. The zero-order chi connectivity index (χ0) is 16.9. The number of rotatable bonds is 4. The normalized spacial score (nSPS) is 22.6. The summed E-state index contributed by atoms with van der Waals surface area (Å²) in [4.78, 5) is 28.8. The van der Waals surface area contributed by atoms with Crippen LogP contribution in [-0.4, -0.2) is 69.0 Å². The van der Waals surface area contributed by atoms with Gasteiger partial charge in [0.15, 0.2) is 0 Å². The summed E-state index contributed by atoms with van der Waals surface area (Å²) in [6.45, 7) is 5.37. The Labute approximate surface area is 146 Å². The van der Waals surface area contributed by atoms with E-state index < -0.39 is 0 Å². The number of aromatic amines is 1. The second-order valence-corrected chi connectivity index (χ2v) is 7.78. The number of likely N-dealkylation sites (tertiary alicyclic amines) is 2. The lowest BCUT2D eigenvalue weighted by Crippen LogP contribution is -2.47. The fourth-order valence-electron chi connectivity index (χ4n) is 3.51. The molecule has 7 nitrogen and oxygen atoms in total. The molecule has 2 fully saturated rings. The predicted molar refractivity (Wildman–Crippen MR) is 91.4 cm³/mol. The van der Waals surface area contributed by atoms with Crippen LogP contribution in [0, 0.1) is 11.8 Å². The van der Waals surface area contributed by atoms with Crippen molar-refractivity contribution in [2.24, 2.45) is 11.8 Å². The molecule has 2 amide bonds. The molecule has 24 heavy (non-hydrogen) atoms. The van der Waals surface area contributed by atoms with Crippen LogP contribution in [-0.2, 0) is 9.59 Å². The average molecular weight is 351 g/mol. The van der Waals surface area contributed by atoms with Gasteiger partial charge in [-0.05, 0) is 31.6 Å². The van der Waals surface area contributed by atoms with E-state index >= 15 is 0 Å². The molecule has 2 aliphatic rings. The lowest BCUT2D eigenvalue weighted by molar-refractivity contribution is -0.141. The van der Waals surface area contributed by atoms with Gasteiger partial charge in [-0.2, -0.15) is 10.3 Å². The highest BCUT2D eigenvalue weighted by Crippen LogP contribution is 2.24. The lowest BCUT2D eigenvalue weighted by Gasteiger charge is -2.37. The number of carbonyl (C=O) groups excluding carboxylic acids is 2. The van der Waals surface area contributed by atoms with Gasteiger partial charge in [-0.15, -0.1) is 5.10 Å². The second-order valence-electron chi connectivity index (χ2n) is 6.78. The summed E-state index contributed by atoms with van der Waals surface area (Å²) < 4.78 is 0. The molecule has 0 aliphatic carbocycles. The van der Waals surface area contributed by atoms with E-state index in [4.69, 9.17) is 0 Å². The number of hydrogen-bond donors (Lipinski definition) is 1. The van der Waals surface area contributed by atoms with Gasteiger partial charge < -0.3 is 9.80 Å². The topological polar surface area (TPSA) is 82.2 Å². The number of aromatic nitrogens is 3. The molecule has 0 radical (unpaired) electrons. The number of hydrogen-bond acceptors (Lipinski definition) is 5. The summed E-state index contributed by atoms with van der Waals surface area (Å²) in [5.74, 6) is 1.47. The molecule has 1 aromatic rings. The SMILES string of the molecule is C[C@@H]1CCCN(C(=O)C2CCN(C(=O)CSc3cn[nH]n3)CC2)C1. The molecule has 8 heteroatoms. The van der Waals surface area contributed by atoms with Gasteiger partial charge in [0, 0.05) is 32.1 Å². The molecule has 2 aliphatic heterocycles. The quantitative estimate of drug-likeness (QED) is 0.829. The first-order chi connectivity index (χ1) is 11.6. The molecule has 132 valence electrons. The monoisotopic (exact) mass is 351 g/mol. The van der Waals surface area contributed by atoms with E-state index in [0.717, 1.165) is 37.4 Å². The average Bonchev–Trinajstić information content (AvgIpc) is 3.13. The van der Waals surface area contributed by atoms with E-state index in [-0.39, 0.29) is 11.8 Å². The molecular formula is C16H25N5O2S. The molecule has 1 N–H and O–H groups in total. The Morgan fingerprint density at radius 1 is 1.25 bits per heavy atom. The van der Waals surface area contributed by atoms with Crippen molar-refractivity contribution in [3.8, 4) is 0 Å². The maximum absolute atomic E-state index is 12.7. The molecule has 3 rings (SSSR count). The van der Waals surface area contributed by atoms with E-state index in [1.807, 2.05) is 9.80 Å². The lowest BCUT2D eigenvalue weighted by atomic mass is 9.93. The van der Waals surface area contributed by atoms with Crippen LogP contribution in [0.3, 0.4) is 0 Å². The highest BCUT2D eigenvalue weighted by atomic mass is 32.2. The minimum absolute atomic E-state index is 0.0857. The molecule has 2 saturated heterocycles. The Kier molecular flexibility index (Phi) is 5.76. The maximum atomic E-state index is 12.7. The van der Waals surface area contributed by atoms with Gasteiger partial charge in [0.2, 0.25) is 11.8 Å². The molecule has 0 bridgehead atoms. The van der Waals surface area contributed by atoms with Gasteiger partial charge in [-0.25, -0.2) is 0 Å². The number of H-pyrrole nitrogens is 1. The summed E-state index contributed by atoms with van der Waals surface area (Å²) in [7, 11) is 0. The first-order valence-electron chi connectivity index (χ1n) is 8.68. The van der Waals surface area contributed by atoms with E-state index in [1.54, 1.807) is 6.20 Å². The fraction of sp³-hybridized carbons (Fsp3) is 0.750. The summed E-state index contributed by atoms with van der Waals surface area (Å²) in [6, 6.07) is 0. The summed E-state index contributed by atoms with van der Waals surface area (Å²) in [6.07, 6.45) is 5.51. The molecule has 1 atom stereocenters. The van der Waals surface area contributed by atoms with Crippen molar-refractivity contribution in [1.29, 1.82) is 0 Å². The number of amides is 2. The van der Waals surface area contributed by atoms with Crippen molar-refractivity contribution in [2.75, 3.05) is 31.9 Å². The Hall–Kier alpha value is -1.57. The number of carbonyl (C=O) groups is 2. The van der Waals surface area contributed by atoms with E-state index in [2.05, 4.69) is 22.3 Å². The third-order valence-corrected chi connectivity index (χ3v) is 5.79. The number of nitrogens with one attached hydrogen (secondary N) is 1. The van der Waals surface area contributed by atoms with Gasteiger partial charge >= 0.3 is 0 Å². The van der Waals surface area contributed by atoms with Crippen LogP contribution in [0.4, 0.5) is 0 Å². The van der Waals surface area contributed by atoms with Crippen molar-refractivity contribution in [1.82, 2.24) is 25.2 Å². The van der Waals surface area contributed by atoms with E-state index in [9.17, 15) is 9.59 Å².